The molecule has 2 heteroatoms. The number of unbranched alkanes of at least 4 members (excludes halogenated alkanes) is 1. The number of hydrogen-bond donors (Lipinski definition) is 1. The van der Waals surface area contributed by atoms with Gasteiger partial charge in [0.05, 0.1) is 0 Å². The molecule has 2 aromatic rings. The van der Waals surface area contributed by atoms with Crippen LogP contribution in [0.15, 0.2) is 36.7 Å². The molecule has 0 fully saturated rings. The van der Waals surface area contributed by atoms with E-state index in [0.717, 1.165) is 19.0 Å². The number of hydrogen-bond acceptors (Lipinski definition) is 2. The highest BCUT2D eigenvalue weighted by Gasteiger charge is 1.97. The molecule has 0 aliphatic carbocycles. The minimum absolute atomic E-state index is 0.828. The molecule has 0 aliphatic heterocycles. The third-order valence-electron chi connectivity index (χ3n) is 3.42. The fraction of sp³-hybridized carbons (Fsp3) is 0.471. The molecule has 0 spiro atoms. The molecule has 0 saturated carbocycles. The molecule has 0 radical (unpaired) electrons. The Hall–Kier alpha value is -1.41. The predicted octanol–water partition coefficient (Wildman–Crippen LogP) is 4.15. The van der Waals surface area contributed by atoms with Crippen LogP contribution < -0.4 is 5.32 Å². The molecule has 0 amide bonds. The van der Waals surface area contributed by atoms with E-state index in [0.29, 0.717) is 0 Å². The molecule has 0 aliphatic rings. The first-order valence-electron chi connectivity index (χ1n) is 7.29. The Morgan fingerprint density at radius 2 is 2.00 bits per heavy atom. The molecule has 1 N–H and O–H groups in total. The molecular weight excluding hydrogens is 232 g/mol. The predicted molar refractivity (Wildman–Crippen MR) is 82.1 cm³/mol. The molecule has 0 unspecified atom stereocenters. The van der Waals surface area contributed by atoms with Crippen molar-refractivity contribution in [2.75, 3.05) is 6.54 Å². The quantitative estimate of drug-likeness (QED) is 0.753. The topological polar surface area (TPSA) is 24.9 Å². The van der Waals surface area contributed by atoms with E-state index in [1.165, 1.54) is 35.6 Å². The molecule has 2 rings (SSSR count). The highest BCUT2D eigenvalue weighted by molar-refractivity contribution is 5.81. The Morgan fingerprint density at radius 3 is 2.84 bits per heavy atom. The summed E-state index contributed by atoms with van der Waals surface area (Å²) < 4.78 is 0. The van der Waals surface area contributed by atoms with Crippen molar-refractivity contribution in [3.8, 4) is 0 Å². The summed E-state index contributed by atoms with van der Waals surface area (Å²) in [6, 6.07) is 8.66. The maximum absolute atomic E-state index is 4.14. The summed E-state index contributed by atoms with van der Waals surface area (Å²) in [5, 5.41) is 6.01. The lowest BCUT2D eigenvalue weighted by atomic mass is 10.1. The van der Waals surface area contributed by atoms with Gasteiger partial charge in [-0.05, 0) is 42.0 Å². The number of nitrogens with one attached hydrogen (secondary N) is 1. The molecule has 1 aromatic carbocycles. The molecule has 19 heavy (non-hydrogen) atoms. The monoisotopic (exact) mass is 256 g/mol. The van der Waals surface area contributed by atoms with E-state index in [-0.39, 0.29) is 0 Å². The van der Waals surface area contributed by atoms with Crippen LogP contribution in [0.5, 0.6) is 0 Å². The van der Waals surface area contributed by atoms with Gasteiger partial charge in [-0.2, -0.15) is 0 Å². The highest BCUT2D eigenvalue weighted by Crippen LogP contribution is 2.14. The van der Waals surface area contributed by atoms with Crippen LogP contribution in [0.25, 0.3) is 10.8 Å². The Labute approximate surface area is 116 Å². The van der Waals surface area contributed by atoms with Gasteiger partial charge >= 0.3 is 0 Å². The summed E-state index contributed by atoms with van der Waals surface area (Å²) in [6.07, 6.45) is 7.71. The van der Waals surface area contributed by atoms with E-state index < -0.39 is 0 Å². The van der Waals surface area contributed by atoms with Crippen LogP contribution >= 0.6 is 0 Å². The summed E-state index contributed by atoms with van der Waals surface area (Å²) in [7, 11) is 0. The van der Waals surface area contributed by atoms with Gasteiger partial charge in [-0.15, -0.1) is 0 Å². The minimum atomic E-state index is 0.828. The van der Waals surface area contributed by atoms with E-state index in [9.17, 15) is 0 Å². The Kier molecular flexibility index (Phi) is 5.34. The third-order valence-corrected chi connectivity index (χ3v) is 3.42. The zero-order valence-electron chi connectivity index (χ0n) is 12.0. The summed E-state index contributed by atoms with van der Waals surface area (Å²) >= 11 is 0. The van der Waals surface area contributed by atoms with Crippen molar-refractivity contribution in [3.63, 3.8) is 0 Å². The van der Waals surface area contributed by atoms with E-state index in [1.54, 1.807) is 0 Å². The van der Waals surface area contributed by atoms with Crippen molar-refractivity contribution >= 4 is 10.8 Å². The van der Waals surface area contributed by atoms with Crippen molar-refractivity contribution in [1.29, 1.82) is 0 Å². The average Bonchev–Trinajstić information content (AvgIpc) is 2.42. The zero-order chi connectivity index (χ0) is 13.5. The van der Waals surface area contributed by atoms with Gasteiger partial charge in [0.1, 0.15) is 0 Å². The molecule has 2 nitrogen and oxygen atoms in total. The van der Waals surface area contributed by atoms with Gasteiger partial charge in [-0.3, -0.25) is 4.98 Å². The standard InChI is InChI=1S/C17H24N2/c1-14(2)5-3-4-9-18-12-15-6-7-17-13-19-10-8-16(17)11-15/h6-8,10-11,13-14,18H,3-5,9,12H2,1-2H3. The van der Waals surface area contributed by atoms with Crippen LogP contribution in [-0.4, -0.2) is 11.5 Å². The SMILES string of the molecule is CC(C)CCCCNCc1ccc2cnccc2c1. The van der Waals surface area contributed by atoms with Gasteiger partial charge < -0.3 is 5.32 Å². The maximum atomic E-state index is 4.14. The lowest BCUT2D eigenvalue weighted by Gasteiger charge is -2.07. The van der Waals surface area contributed by atoms with E-state index >= 15 is 0 Å². The molecular formula is C17H24N2. The first-order valence-corrected chi connectivity index (χ1v) is 7.29. The first-order chi connectivity index (χ1) is 9.25. The largest absolute Gasteiger partial charge is 0.313 e. The van der Waals surface area contributed by atoms with Crippen molar-refractivity contribution < 1.29 is 0 Å². The van der Waals surface area contributed by atoms with Gasteiger partial charge in [0.25, 0.3) is 0 Å². The number of aromatic nitrogens is 1. The van der Waals surface area contributed by atoms with Crippen molar-refractivity contribution in [1.82, 2.24) is 10.3 Å². The maximum Gasteiger partial charge on any atom is 0.0346 e. The molecule has 0 saturated heterocycles. The van der Waals surface area contributed by atoms with Gasteiger partial charge in [-0.25, -0.2) is 0 Å². The summed E-state index contributed by atoms with van der Waals surface area (Å²) in [6.45, 7) is 6.65. The van der Waals surface area contributed by atoms with Crippen molar-refractivity contribution in [3.05, 3.63) is 42.2 Å². The van der Waals surface area contributed by atoms with E-state index in [2.05, 4.69) is 48.4 Å². The van der Waals surface area contributed by atoms with Gasteiger partial charge in [0.2, 0.25) is 0 Å². The first kappa shape index (κ1) is 14.0. The molecule has 0 bridgehead atoms. The second kappa shape index (κ2) is 7.25. The Balaban J connectivity index is 1.75. The normalized spacial score (nSPS) is 11.3. The van der Waals surface area contributed by atoms with Crippen LogP contribution in [-0.2, 0) is 6.54 Å². The number of nitrogens with zero attached hydrogens (tertiary/aromatic N) is 1. The second-order valence-corrected chi connectivity index (χ2v) is 5.62. The highest BCUT2D eigenvalue weighted by atomic mass is 14.8. The number of fused-ring (bicyclic) bond motifs is 1. The van der Waals surface area contributed by atoms with Gasteiger partial charge in [0, 0.05) is 24.3 Å². The van der Waals surface area contributed by atoms with Crippen LogP contribution in [0, 0.1) is 5.92 Å². The van der Waals surface area contributed by atoms with Crippen LogP contribution in [0.2, 0.25) is 0 Å². The van der Waals surface area contributed by atoms with Crippen LogP contribution in [0.3, 0.4) is 0 Å². The zero-order valence-corrected chi connectivity index (χ0v) is 12.0. The van der Waals surface area contributed by atoms with Crippen molar-refractivity contribution in [2.45, 2.75) is 39.7 Å². The van der Waals surface area contributed by atoms with E-state index in [4.69, 9.17) is 0 Å². The molecule has 102 valence electrons. The smallest absolute Gasteiger partial charge is 0.0346 e. The molecule has 1 heterocycles. The fourth-order valence-corrected chi connectivity index (χ4v) is 2.28. The minimum Gasteiger partial charge on any atom is -0.313 e. The number of benzene rings is 1. The third kappa shape index (κ3) is 4.64. The fourth-order valence-electron chi connectivity index (χ4n) is 2.28. The number of rotatable bonds is 7. The summed E-state index contributed by atoms with van der Waals surface area (Å²) in [5.41, 5.74) is 1.35. The molecule has 0 atom stereocenters. The lowest BCUT2D eigenvalue weighted by molar-refractivity contribution is 0.520. The van der Waals surface area contributed by atoms with Crippen LogP contribution in [0.4, 0.5) is 0 Å². The molecule has 1 aromatic heterocycles. The second-order valence-electron chi connectivity index (χ2n) is 5.62. The summed E-state index contributed by atoms with van der Waals surface area (Å²) in [4.78, 5) is 4.14. The van der Waals surface area contributed by atoms with Crippen molar-refractivity contribution in [2.24, 2.45) is 5.92 Å². The summed E-state index contributed by atoms with van der Waals surface area (Å²) in [5.74, 6) is 0.828. The van der Waals surface area contributed by atoms with Gasteiger partial charge in [0.15, 0.2) is 0 Å². The average molecular weight is 256 g/mol. The van der Waals surface area contributed by atoms with Crippen LogP contribution in [0.1, 0.15) is 38.7 Å². The lowest BCUT2D eigenvalue weighted by Crippen LogP contribution is -2.14. The Morgan fingerprint density at radius 1 is 1.11 bits per heavy atom. The van der Waals surface area contributed by atoms with E-state index in [1.807, 2.05) is 12.4 Å². The van der Waals surface area contributed by atoms with Gasteiger partial charge in [-0.1, -0.05) is 38.8 Å². The number of pyridine rings is 1. The Bertz CT molecular complexity index is 505.